The average Bonchev–Trinajstić information content (AvgIpc) is 2.44. The van der Waals surface area contributed by atoms with Crippen LogP contribution < -0.4 is 21.2 Å². The van der Waals surface area contributed by atoms with Gasteiger partial charge in [-0.05, 0) is 0 Å². The average molecular weight is 546 g/mol. The van der Waals surface area contributed by atoms with Crippen LogP contribution in [0.25, 0.3) is 10.8 Å². The normalized spacial score (nSPS) is 11.2. The first kappa shape index (κ1) is 15.8. The molecule has 0 aliphatic carbocycles. The predicted molar refractivity (Wildman–Crippen MR) is 81.6 cm³/mol. The van der Waals surface area contributed by atoms with Crippen molar-refractivity contribution in [3.63, 3.8) is 0 Å². The molecule has 0 radical (unpaired) electrons. The van der Waals surface area contributed by atoms with E-state index in [0.29, 0.717) is 5.02 Å². The van der Waals surface area contributed by atoms with Crippen molar-refractivity contribution in [3.8, 4) is 0 Å². The molecule has 0 spiro atoms. The van der Waals surface area contributed by atoms with Gasteiger partial charge in [-0.15, -0.1) is 0 Å². The summed E-state index contributed by atoms with van der Waals surface area (Å²) in [6.07, 6.45) is 0. The zero-order valence-electron chi connectivity index (χ0n) is 10.6. The summed E-state index contributed by atoms with van der Waals surface area (Å²) < 4.78 is 16.8. The predicted octanol–water partition coefficient (Wildman–Crippen LogP) is 1.10. The van der Waals surface area contributed by atoms with Crippen molar-refractivity contribution >= 4 is 33.4 Å². The van der Waals surface area contributed by atoms with Gasteiger partial charge in [-0.2, -0.15) is 0 Å². The molecule has 0 aromatic heterocycles. The second-order valence-electron chi connectivity index (χ2n) is 4.45. The van der Waals surface area contributed by atoms with Crippen LogP contribution >= 0.6 is 22.6 Å². The maximum absolute atomic E-state index is 13.7. The van der Waals surface area contributed by atoms with Crippen molar-refractivity contribution in [1.82, 2.24) is 0 Å². The minimum atomic E-state index is -0.484. The van der Waals surface area contributed by atoms with Gasteiger partial charge in [-0.3, -0.25) is 0 Å². The quantitative estimate of drug-likeness (QED) is 0.257. The number of halogens is 5. The van der Waals surface area contributed by atoms with Crippen LogP contribution in [0, 0.1) is 39.7 Å². The molecule has 5 heteroatoms. The number of hydrogen-bond acceptors (Lipinski definition) is 0. The Morgan fingerprint density at radius 1 is 0.905 bits per heavy atom. The van der Waals surface area contributed by atoms with Gasteiger partial charge in [-0.1, -0.05) is 0 Å². The third kappa shape index (κ3) is 3.63. The number of fused-ring (bicyclic) bond motifs is 1. The summed E-state index contributed by atoms with van der Waals surface area (Å²) in [6, 6.07) is 15.8. The van der Waals surface area contributed by atoms with Crippen LogP contribution in [0.4, 0.5) is 4.39 Å². The van der Waals surface area contributed by atoms with E-state index in [9.17, 15) is 4.39 Å². The van der Waals surface area contributed by atoms with Crippen LogP contribution in [0.3, 0.4) is 0 Å². The summed E-state index contributed by atoms with van der Waals surface area (Å²) >= 11 is 12.0. The first-order valence-corrected chi connectivity index (χ1v) is 10.1. The molecule has 0 amide bonds. The Labute approximate surface area is 156 Å². The summed E-state index contributed by atoms with van der Waals surface area (Å²) in [6.45, 7) is 0. The van der Waals surface area contributed by atoms with E-state index in [2.05, 4.69) is 40.8 Å². The van der Waals surface area contributed by atoms with Crippen molar-refractivity contribution in [2.45, 2.75) is 0 Å². The first-order valence-electron chi connectivity index (χ1n) is 6.04. The van der Waals surface area contributed by atoms with Crippen LogP contribution in [0.5, 0.6) is 0 Å². The van der Waals surface area contributed by atoms with Crippen molar-refractivity contribution in [3.05, 3.63) is 75.1 Å². The third-order valence-corrected chi connectivity index (χ3v) is 7.33. The van der Waals surface area contributed by atoms with E-state index < -0.39 is 21.2 Å². The molecule has 108 valence electrons. The summed E-state index contributed by atoms with van der Waals surface area (Å²) in [5.74, 6) is -0.289. The van der Waals surface area contributed by atoms with Gasteiger partial charge in [0.05, 0.1) is 0 Å². The first-order chi connectivity index (χ1) is 10.0. The Kier molecular flexibility index (Phi) is 4.93. The van der Waals surface area contributed by atoms with E-state index in [1.165, 1.54) is 9.64 Å². The zero-order valence-corrected chi connectivity index (χ0v) is 16.5. The molecule has 21 heavy (non-hydrogen) atoms. The van der Waals surface area contributed by atoms with Crippen LogP contribution in [0.1, 0.15) is 0 Å². The van der Waals surface area contributed by atoms with Crippen molar-refractivity contribution in [2.75, 3.05) is 0 Å². The molecule has 0 saturated carbocycles. The van der Waals surface area contributed by atoms with Gasteiger partial charge in [0.1, 0.15) is 0 Å². The molecule has 0 nitrogen and oxygen atoms in total. The van der Waals surface area contributed by atoms with Crippen LogP contribution in [0.15, 0.2) is 48.5 Å². The second kappa shape index (κ2) is 6.56. The van der Waals surface area contributed by atoms with Gasteiger partial charge >= 0.3 is 157 Å². The summed E-state index contributed by atoms with van der Waals surface area (Å²) in [4.78, 5) is 0. The molecule has 0 atom stereocenters. The number of rotatable bonds is 2. The van der Waals surface area contributed by atoms with E-state index in [0.717, 1.165) is 22.9 Å². The molecule has 3 rings (SSSR count). The van der Waals surface area contributed by atoms with Crippen LogP contribution in [-0.2, 0) is 0 Å². The maximum atomic E-state index is 13.7. The van der Waals surface area contributed by atoms with Gasteiger partial charge in [-0.25, -0.2) is 0 Å². The fourth-order valence-corrected chi connectivity index (χ4v) is 6.24. The fourth-order valence-electron chi connectivity index (χ4n) is 1.97. The van der Waals surface area contributed by atoms with E-state index >= 15 is 0 Å². The SMILES string of the molecule is Fc1cc(I)cc([I-]c2ccc3cc([ClH+])ccc3c2)c1[ClH+]. The Bertz CT molecular complexity index is 834. The Balaban J connectivity index is 2.00. The number of hydrogen-bond donors (Lipinski definition) is 0. The van der Waals surface area contributed by atoms with Gasteiger partial charge < -0.3 is 0 Å². The summed E-state index contributed by atoms with van der Waals surface area (Å²) in [7, 11) is 0. The second-order valence-corrected chi connectivity index (χ2v) is 9.52. The topological polar surface area (TPSA) is 0 Å². The fraction of sp³-hybridized carbons (Fsp3) is 0. The Hall–Kier alpha value is -0.110. The summed E-state index contributed by atoms with van der Waals surface area (Å²) in [5.41, 5.74) is 0. The third-order valence-electron chi connectivity index (χ3n) is 2.95. The van der Waals surface area contributed by atoms with E-state index in [1.54, 1.807) is 0 Å². The van der Waals surface area contributed by atoms with Crippen LogP contribution in [0.2, 0.25) is 10.0 Å². The molecule has 0 aliphatic heterocycles. The van der Waals surface area contributed by atoms with Gasteiger partial charge in [0.25, 0.3) is 0 Å². The molecular formula is C16H10Cl2FI2+. The van der Waals surface area contributed by atoms with E-state index in [1.807, 2.05) is 24.3 Å². The standard InChI is InChI=1S/C16H10Cl2FI2/c17-11-3-1-10-6-13(4-2-9(10)5-11)21-15-8-12(20)7-14(19)16(15)18/h1-8,17-18H/q+1. The molecule has 0 fully saturated rings. The minimum absolute atomic E-state index is 0.289. The molecule has 0 saturated heterocycles. The number of benzene rings is 3. The van der Waals surface area contributed by atoms with Crippen molar-refractivity contribution in [2.24, 2.45) is 0 Å². The van der Waals surface area contributed by atoms with Gasteiger partial charge in [0, 0.05) is 0 Å². The summed E-state index contributed by atoms with van der Waals surface area (Å²) in [5, 5.41) is 3.52. The van der Waals surface area contributed by atoms with Gasteiger partial charge in [0.2, 0.25) is 0 Å². The van der Waals surface area contributed by atoms with Crippen molar-refractivity contribution < 1.29 is 48.8 Å². The monoisotopic (exact) mass is 545 g/mol. The molecule has 3 aromatic rings. The molecule has 3 aromatic carbocycles. The molecule has 0 bridgehead atoms. The molecular weight excluding hydrogens is 536 g/mol. The van der Waals surface area contributed by atoms with Gasteiger partial charge in [0.15, 0.2) is 0 Å². The Morgan fingerprint density at radius 3 is 2.43 bits per heavy atom. The van der Waals surface area contributed by atoms with Crippen molar-refractivity contribution in [1.29, 1.82) is 0 Å². The van der Waals surface area contributed by atoms with E-state index in [-0.39, 0.29) is 5.82 Å². The molecule has 0 unspecified atom stereocenters. The van der Waals surface area contributed by atoms with Crippen LogP contribution in [-0.4, -0.2) is 0 Å². The zero-order chi connectivity index (χ0) is 15.0. The molecule has 0 heterocycles. The molecule has 0 aliphatic rings. The molecule has 0 N–H and O–H groups in total. The van der Waals surface area contributed by atoms with E-state index in [4.69, 9.17) is 23.2 Å². The Morgan fingerprint density at radius 2 is 1.62 bits per heavy atom.